The van der Waals surface area contributed by atoms with Crippen LogP contribution in [0, 0.1) is 5.92 Å². The van der Waals surface area contributed by atoms with Gasteiger partial charge in [0, 0.05) is 23.0 Å². The third-order valence-corrected chi connectivity index (χ3v) is 6.21. The molecule has 1 aliphatic heterocycles. The predicted octanol–water partition coefficient (Wildman–Crippen LogP) is 3.83. The van der Waals surface area contributed by atoms with E-state index in [1.165, 1.54) is 20.0 Å². The predicted molar refractivity (Wildman–Crippen MR) is 114 cm³/mol. The van der Waals surface area contributed by atoms with E-state index in [0.29, 0.717) is 12.3 Å². The first-order valence-corrected chi connectivity index (χ1v) is 10.4. The summed E-state index contributed by atoms with van der Waals surface area (Å²) >= 11 is 0. The van der Waals surface area contributed by atoms with E-state index in [1.54, 1.807) is 12.1 Å². The fourth-order valence-electron chi connectivity index (χ4n) is 4.38. The van der Waals surface area contributed by atoms with Crippen LogP contribution in [0.15, 0.2) is 42.5 Å². The van der Waals surface area contributed by atoms with Gasteiger partial charge in [-0.2, -0.15) is 0 Å². The summed E-state index contributed by atoms with van der Waals surface area (Å²) in [6, 6.07) is 12.9. The average Bonchev–Trinajstić information content (AvgIpc) is 3.51. The number of phenolic OH excluding ortho intramolecular Hbond substituents is 1. The molecule has 6 heteroatoms. The van der Waals surface area contributed by atoms with Crippen LogP contribution in [0.5, 0.6) is 11.5 Å². The van der Waals surface area contributed by atoms with Gasteiger partial charge in [-0.3, -0.25) is 10.1 Å². The van der Waals surface area contributed by atoms with Crippen molar-refractivity contribution in [3.8, 4) is 11.5 Å². The van der Waals surface area contributed by atoms with E-state index in [2.05, 4.69) is 16.4 Å². The van der Waals surface area contributed by atoms with Crippen molar-refractivity contribution < 1.29 is 19.4 Å². The minimum absolute atomic E-state index is 0.188. The van der Waals surface area contributed by atoms with Gasteiger partial charge in [0.2, 0.25) is 0 Å². The highest BCUT2D eigenvalue weighted by Gasteiger charge is 2.43. The third-order valence-electron chi connectivity index (χ3n) is 6.21. The molecule has 0 bridgehead atoms. The van der Waals surface area contributed by atoms with Crippen molar-refractivity contribution >= 4 is 16.9 Å². The van der Waals surface area contributed by atoms with E-state index in [9.17, 15) is 9.90 Å². The number of H-pyrrole nitrogens is 1. The Hall–Kier alpha value is -2.99. The second kappa shape index (κ2) is 7.06. The molecule has 1 saturated carbocycles. The Morgan fingerprint density at radius 3 is 2.80 bits per heavy atom. The van der Waals surface area contributed by atoms with Crippen LogP contribution in [0.1, 0.15) is 42.6 Å². The van der Waals surface area contributed by atoms with Gasteiger partial charge in [0.1, 0.15) is 17.0 Å². The molecule has 2 atom stereocenters. The van der Waals surface area contributed by atoms with Crippen molar-refractivity contribution in [1.29, 1.82) is 0 Å². The minimum atomic E-state index is -0.891. The van der Waals surface area contributed by atoms with Crippen molar-refractivity contribution in [3.05, 3.63) is 59.3 Å². The summed E-state index contributed by atoms with van der Waals surface area (Å²) in [7, 11) is 1.41. The first kappa shape index (κ1) is 19.0. The molecule has 0 spiro atoms. The number of carbonyl (C=O) groups is 1. The number of hydrogen-bond acceptors (Lipinski definition) is 5. The van der Waals surface area contributed by atoms with Gasteiger partial charge in [0.05, 0.1) is 19.8 Å². The summed E-state index contributed by atoms with van der Waals surface area (Å²) in [5, 5.41) is 14.5. The van der Waals surface area contributed by atoms with E-state index in [-0.39, 0.29) is 17.8 Å². The Labute approximate surface area is 175 Å². The van der Waals surface area contributed by atoms with E-state index in [0.717, 1.165) is 40.1 Å². The fraction of sp³-hybridized carbons (Fsp3) is 0.375. The summed E-state index contributed by atoms with van der Waals surface area (Å²) < 4.78 is 11.1. The molecule has 0 amide bonds. The van der Waals surface area contributed by atoms with Crippen LogP contribution < -0.4 is 10.1 Å². The number of aromatic amines is 1. The molecular formula is C24H26N2O4. The first-order chi connectivity index (χ1) is 14.5. The maximum absolute atomic E-state index is 12.7. The van der Waals surface area contributed by atoms with Crippen LogP contribution in [0.4, 0.5) is 0 Å². The number of esters is 1. The van der Waals surface area contributed by atoms with Crippen LogP contribution >= 0.6 is 0 Å². The fourth-order valence-corrected chi connectivity index (χ4v) is 4.38. The summed E-state index contributed by atoms with van der Waals surface area (Å²) in [6.07, 6.45) is 2.99. The van der Waals surface area contributed by atoms with Crippen molar-refractivity contribution in [2.24, 2.45) is 5.92 Å². The van der Waals surface area contributed by atoms with E-state index < -0.39 is 5.54 Å². The Bertz CT molecular complexity index is 1120. The number of rotatable bonds is 5. The standard InChI is InChI=1S/C24H26N2O4/c1-24(23(28)29-2)12-19-18-11-17(30-13-14-6-7-14)8-9-20(18)25-22(19)21(26-24)15-4-3-5-16(27)10-15/h3-5,8-11,14,21,25-27H,6-7,12-13H2,1-2H3. The third kappa shape index (κ3) is 3.31. The maximum Gasteiger partial charge on any atom is 0.326 e. The molecular weight excluding hydrogens is 380 g/mol. The smallest absolute Gasteiger partial charge is 0.326 e. The zero-order valence-corrected chi connectivity index (χ0v) is 17.2. The van der Waals surface area contributed by atoms with Gasteiger partial charge in [-0.25, -0.2) is 0 Å². The molecule has 2 aromatic carbocycles. The Kier molecular flexibility index (Phi) is 4.47. The second-order valence-electron chi connectivity index (χ2n) is 8.65. The van der Waals surface area contributed by atoms with Crippen molar-refractivity contribution in [2.45, 2.75) is 37.8 Å². The zero-order valence-electron chi connectivity index (χ0n) is 17.2. The molecule has 2 unspecified atom stereocenters. The highest BCUT2D eigenvalue weighted by molar-refractivity contribution is 5.89. The maximum atomic E-state index is 12.7. The lowest BCUT2D eigenvalue weighted by Gasteiger charge is -2.37. The van der Waals surface area contributed by atoms with Crippen LogP contribution in [0.25, 0.3) is 10.9 Å². The second-order valence-corrected chi connectivity index (χ2v) is 8.65. The summed E-state index contributed by atoms with van der Waals surface area (Å²) in [5.74, 6) is 1.41. The van der Waals surface area contributed by atoms with Gasteiger partial charge in [-0.1, -0.05) is 12.1 Å². The Morgan fingerprint density at radius 2 is 2.07 bits per heavy atom. The molecule has 0 radical (unpaired) electrons. The normalized spacial score (nSPS) is 23.2. The first-order valence-electron chi connectivity index (χ1n) is 10.4. The molecule has 2 heterocycles. The van der Waals surface area contributed by atoms with Gasteiger partial charge in [-0.15, -0.1) is 0 Å². The van der Waals surface area contributed by atoms with Crippen LogP contribution in [-0.2, 0) is 16.0 Å². The number of aromatic nitrogens is 1. The van der Waals surface area contributed by atoms with Crippen molar-refractivity contribution in [1.82, 2.24) is 10.3 Å². The lowest BCUT2D eigenvalue weighted by Crippen LogP contribution is -2.56. The highest BCUT2D eigenvalue weighted by Crippen LogP contribution is 2.40. The van der Waals surface area contributed by atoms with Gasteiger partial charge in [0.25, 0.3) is 0 Å². The molecule has 6 nitrogen and oxygen atoms in total. The molecule has 1 aromatic heterocycles. The molecule has 156 valence electrons. The quantitative estimate of drug-likeness (QED) is 0.561. The van der Waals surface area contributed by atoms with Crippen molar-refractivity contribution in [3.63, 3.8) is 0 Å². The molecule has 3 aromatic rings. The van der Waals surface area contributed by atoms with E-state index >= 15 is 0 Å². The number of aromatic hydroxyl groups is 1. The molecule has 30 heavy (non-hydrogen) atoms. The summed E-state index contributed by atoms with van der Waals surface area (Å²) in [4.78, 5) is 16.2. The number of nitrogens with one attached hydrogen (secondary N) is 2. The SMILES string of the molecule is COC(=O)C1(C)Cc2c([nH]c3ccc(OCC4CC4)cc23)C(c2cccc(O)c2)N1. The van der Waals surface area contributed by atoms with Gasteiger partial charge in [0.15, 0.2) is 0 Å². The molecule has 5 rings (SSSR count). The van der Waals surface area contributed by atoms with Crippen LogP contribution in [0.2, 0.25) is 0 Å². The van der Waals surface area contributed by atoms with Crippen LogP contribution in [-0.4, -0.2) is 35.3 Å². The van der Waals surface area contributed by atoms with Gasteiger partial charge in [-0.05, 0) is 67.1 Å². The summed E-state index contributed by atoms with van der Waals surface area (Å²) in [6.45, 7) is 2.62. The molecule has 1 aliphatic carbocycles. The molecule has 1 fully saturated rings. The highest BCUT2D eigenvalue weighted by atomic mass is 16.5. The largest absolute Gasteiger partial charge is 0.508 e. The average molecular weight is 406 g/mol. The molecule has 0 saturated heterocycles. The number of carbonyl (C=O) groups excluding carboxylic acids is 1. The molecule has 2 aliphatic rings. The Balaban J connectivity index is 1.61. The number of ether oxygens (including phenoxy) is 2. The number of methoxy groups -OCH3 is 1. The van der Waals surface area contributed by atoms with Gasteiger partial charge >= 0.3 is 5.97 Å². The number of fused-ring (bicyclic) bond motifs is 3. The number of phenols is 1. The monoisotopic (exact) mass is 406 g/mol. The topological polar surface area (TPSA) is 83.6 Å². The number of benzene rings is 2. The van der Waals surface area contributed by atoms with E-state index in [4.69, 9.17) is 9.47 Å². The van der Waals surface area contributed by atoms with Gasteiger partial charge < -0.3 is 19.6 Å². The van der Waals surface area contributed by atoms with E-state index in [1.807, 2.05) is 31.2 Å². The summed E-state index contributed by atoms with van der Waals surface area (Å²) in [5.41, 5.74) is 3.05. The number of hydrogen-bond donors (Lipinski definition) is 3. The van der Waals surface area contributed by atoms with Crippen LogP contribution in [0.3, 0.4) is 0 Å². The minimum Gasteiger partial charge on any atom is -0.508 e. The molecule has 3 N–H and O–H groups in total. The lowest BCUT2D eigenvalue weighted by molar-refractivity contribution is -0.148. The Morgan fingerprint density at radius 1 is 1.23 bits per heavy atom. The zero-order chi connectivity index (χ0) is 20.9. The lowest BCUT2D eigenvalue weighted by atomic mass is 9.82. The van der Waals surface area contributed by atoms with Crippen molar-refractivity contribution in [2.75, 3.05) is 13.7 Å².